The number of ether oxygens (including phenoxy) is 1. The maximum atomic E-state index is 11.7. The van der Waals surface area contributed by atoms with Crippen molar-refractivity contribution in [3.05, 3.63) is 30.0 Å². The van der Waals surface area contributed by atoms with Crippen LogP contribution in [-0.2, 0) is 16.0 Å². The van der Waals surface area contributed by atoms with Crippen molar-refractivity contribution in [2.24, 2.45) is 0 Å². The smallest absolute Gasteiger partial charge is 0.226 e. The molecule has 0 aliphatic rings. The van der Waals surface area contributed by atoms with Crippen molar-refractivity contribution in [1.29, 1.82) is 0 Å². The topological polar surface area (TPSA) is 64.4 Å². The number of aromatic nitrogens is 1. The molecule has 1 heterocycles. The molecule has 0 saturated heterocycles. The van der Waals surface area contributed by atoms with Crippen LogP contribution in [-0.4, -0.2) is 36.7 Å². The molecule has 0 spiro atoms. The maximum Gasteiger partial charge on any atom is 0.226 e. The Morgan fingerprint density at radius 1 is 1.37 bits per heavy atom. The molecule has 0 radical (unpaired) electrons. The van der Waals surface area contributed by atoms with Gasteiger partial charge in [0.15, 0.2) is 5.58 Å². The molecule has 0 atom stereocenters. The Morgan fingerprint density at radius 2 is 2.21 bits per heavy atom. The predicted molar refractivity (Wildman–Crippen MR) is 72.3 cm³/mol. The highest BCUT2D eigenvalue weighted by Crippen LogP contribution is 2.17. The zero-order valence-corrected chi connectivity index (χ0v) is 11.2. The molecule has 1 aromatic heterocycles. The molecule has 2 rings (SSSR count). The molecular formula is C13H15ClN2O3. The van der Waals surface area contributed by atoms with E-state index in [9.17, 15) is 4.79 Å². The molecule has 5 nitrogen and oxygen atoms in total. The lowest BCUT2D eigenvalue weighted by Gasteiger charge is -2.04. The Balaban J connectivity index is 1.82. The number of amides is 1. The van der Waals surface area contributed by atoms with E-state index in [0.717, 1.165) is 5.39 Å². The van der Waals surface area contributed by atoms with Gasteiger partial charge in [0.2, 0.25) is 5.91 Å². The van der Waals surface area contributed by atoms with Gasteiger partial charge in [-0.25, -0.2) is 0 Å². The lowest BCUT2D eigenvalue weighted by atomic mass is 10.2. The van der Waals surface area contributed by atoms with Gasteiger partial charge < -0.3 is 14.6 Å². The molecule has 0 saturated carbocycles. The summed E-state index contributed by atoms with van der Waals surface area (Å²) in [6.07, 6.45) is 0.201. The number of rotatable bonds is 7. The van der Waals surface area contributed by atoms with Gasteiger partial charge in [-0.15, -0.1) is 11.6 Å². The normalized spacial score (nSPS) is 10.8. The average Bonchev–Trinajstić information content (AvgIpc) is 2.82. The molecule has 0 fully saturated rings. The molecule has 0 bridgehead atoms. The van der Waals surface area contributed by atoms with Crippen molar-refractivity contribution in [3.8, 4) is 0 Å². The summed E-state index contributed by atoms with van der Waals surface area (Å²) >= 11 is 5.46. The van der Waals surface area contributed by atoms with E-state index in [1.165, 1.54) is 0 Å². The van der Waals surface area contributed by atoms with Crippen LogP contribution in [0.25, 0.3) is 11.0 Å². The van der Waals surface area contributed by atoms with Crippen LogP contribution in [0, 0.1) is 0 Å². The number of alkyl halides is 1. The number of halogens is 1. The fourth-order valence-corrected chi connectivity index (χ4v) is 1.81. The fraction of sp³-hybridized carbons (Fsp3) is 0.385. The van der Waals surface area contributed by atoms with Gasteiger partial charge in [-0.05, 0) is 12.1 Å². The quantitative estimate of drug-likeness (QED) is 0.621. The van der Waals surface area contributed by atoms with E-state index in [4.69, 9.17) is 20.9 Å². The number of para-hydroxylation sites is 1. The second-order valence-corrected chi connectivity index (χ2v) is 4.33. The van der Waals surface area contributed by atoms with Crippen LogP contribution in [0.3, 0.4) is 0 Å². The first-order chi connectivity index (χ1) is 9.31. The van der Waals surface area contributed by atoms with Crippen LogP contribution in [0.1, 0.15) is 5.69 Å². The predicted octanol–water partition coefficient (Wildman–Crippen LogP) is 1.74. The van der Waals surface area contributed by atoms with E-state index < -0.39 is 0 Å². The Kier molecular flexibility index (Phi) is 5.18. The molecule has 102 valence electrons. The molecule has 0 unspecified atom stereocenters. The number of fused-ring (bicyclic) bond motifs is 1. The molecule has 6 heteroatoms. The summed E-state index contributed by atoms with van der Waals surface area (Å²) in [5.41, 5.74) is 1.34. The van der Waals surface area contributed by atoms with E-state index in [1.54, 1.807) is 0 Å². The highest BCUT2D eigenvalue weighted by Gasteiger charge is 2.11. The third-order valence-corrected chi connectivity index (χ3v) is 2.72. The summed E-state index contributed by atoms with van der Waals surface area (Å²) in [6.45, 7) is 1.41. The van der Waals surface area contributed by atoms with Gasteiger partial charge in [0, 0.05) is 17.8 Å². The van der Waals surface area contributed by atoms with Crippen LogP contribution in [0.4, 0.5) is 0 Å². The zero-order chi connectivity index (χ0) is 13.5. The van der Waals surface area contributed by atoms with Crippen molar-refractivity contribution < 1.29 is 14.1 Å². The van der Waals surface area contributed by atoms with Crippen LogP contribution in [0.5, 0.6) is 0 Å². The number of carbonyl (C=O) groups excluding carboxylic acids is 1. The standard InChI is InChI=1S/C13H15ClN2O3/c14-5-7-18-8-6-15-13(17)9-11-10-3-1-2-4-12(10)19-16-11/h1-4H,5-9H2,(H,15,17). The Labute approximate surface area is 115 Å². The van der Waals surface area contributed by atoms with Crippen molar-refractivity contribution in [2.45, 2.75) is 6.42 Å². The van der Waals surface area contributed by atoms with Crippen molar-refractivity contribution in [3.63, 3.8) is 0 Å². The summed E-state index contributed by atoms with van der Waals surface area (Å²) in [5, 5.41) is 7.54. The summed E-state index contributed by atoms with van der Waals surface area (Å²) < 4.78 is 10.3. The number of nitrogens with one attached hydrogen (secondary N) is 1. The highest BCUT2D eigenvalue weighted by atomic mass is 35.5. The van der Waals surface area contributed by atoms with E-state index in [1.807, 2.05) is 24.3 Å². The number of carbonyl (C=O) groups is 1. The van der Waals surface area contributed by atoms with Crippen LogP contribution >= 0.6 is 11.6 Å². The monoisotopic (exact) mass is 282 g/mol. The Bertz CT molecular complexity index is 541. The number of hydrogen-bond acceptors (Lipinski definition) is 4. The molecular weight excluding hydrogens is 268 g/mol. The fourth-order valence-electron chi connectivity index (χ4n) is 1.70. The molecule has 0 aliphatic heterocycles. The van der Waals surface area contributed by atoms with Gasteiger partial charge in [0.05, 0.1) is 19.6 Å². The summed E-state index contributed by atoms with van der Waals surface area (Å²) in [6, 6.07) is 7.47. The van der Waals surface area contributed by atoms with Gasteiger partial charge in [0.1, 0.15) is 5.69 Å². The minimum absolute atomic E-state index is 0.103. The molecule has 0 aliphatic carbocycles. The largest absolute Gasteiger partial charge is 0.378 e. The van der Waals surface area contributed by atoms with E-state index in [2.05, 4.69) is 10.5 Å². The van der Waals surface area contributed by atoms with Crippen molar-refractivity contribution in [2.75, 3.05) is 25.6 Å². The first-order valence-corrected chi connectivity index (χ1v) is 6.58. The van der Waals surface area contributed by atoms with Gasteiger partial charge in [-0.2, -0.15) is 0 Å². The van der Waals surface area contributed by atoms with E-state index >= 15 is 0 Å². The molecule has 1 amide bonds. The lowest BCUT2D eigenvalue weighted by molar-refractivity contribution is -0.120. The molecule has 2 aromatic rings. The Hall–Kier alpha value is -1.59. The van der Waals surface area contributed by atoms with Crippen molar-refractivity contribution >= 4 is 28.5 Å². The van der Waals surface area contributed by atoms with E-state index in [0.29, 0.717) is 36.9 Å². The first-order valence-electron chi connectivity index (χ1n) is 6.05. The average molecular weight is 283 g/mol. The second kappa shape index (κ2) is 7.11. The lowest BCUT2D eigenvalue weighted by Crippen LogP contribution is -2.29. The molecule has 19 heavy (non-hydrogen) atoms. The van der Waals surface area contributed by atoms with Crippen LogP contribution in [0.2, 0.25) is 0 Å². The second-order valence-electron chi connectivity index (χ2n) is 3.95. The SMILES string of the molecule is O=C(Cc1noc2ccccc12)NCCOCCCl. The summed E-state index contributed by atoms with van der Waals surface area (Å²) in [7, 11) is 0. The molecule has 1 N–H and O–H groups in total. The van der Waals surface area contributed by atoms with E-state index in [-0.39, 0.29) is 12.3 Å². The third kappa shape index (κ3) is 3.94. The first kappa shape index (κ1) is 13.8. The van der Waals surface area contributed by atoms with Gasteiger partial charge in [-0.3, -0.25) is 4.79 Å². The van der Waals surface area contributed by atoms with Gasteiger partial charge in [-0.1, -0.05) is 17.3 Å². The number of hydrogen-bond donors (Lipinski definition) is 1. The maximum absolute atomic E-state index is 11.7. The summed E-state index contributed by atoms with van der Waals surface area (Å²) in [5.74, 6) is 0.354. The third-order valence-electron chi connectivity index (χ3n) is 2.57. The minimum atomic E-state index is -0.103. The van der Waals surface area contributed by atoms with Gasteiger partial charge in [0.25, 0.3) is 0 Å². The van der Waals surface area contributed by atoms with Crippen LogP contribution < -0.4 is 5.32 Å². The Morgan fingerprint density at radius 3 is 3.05 bits per heavy atom. The minimum Gasteiger partial charge on any atom is -0.378 e. The molecule has 1 aromatic carbocycles. The van der Waals surface area contributed by atoms with Gasteiger partial charge >= 0.3 is 0 Å². The number of benzene rings is 1. The van der Waals surface area contributed by atoms with Crippen molar-refractivity contribution in [1.82, 2.24) is 10.5 Å². The zero-order valence-electron chi connectivity index (χ0n) is 10.4. The summed E-state index contributed by atoms with van der Waals surface area (Å²) in [4.78, 5) is 11.7. The van der Waals surface area contributed by atoms with Crippen LogP contribution in [0.15, 0.2) is 28.8 Å². The highest BCUT2D eigenvalue weighted by molar-refractivity contribution is 6.17. The number of nitrogens with zero attached hydrogens (tertiary/aromatic N) is 1.